The third-order valence-corrected chi connectivity index (χ3v) is 2.93. The van der Waals surface area contributed by atoms with Gasteiger partial charge in [0, 0.05) is 0 Å². The second-order valence-corrected chi connectivity index (χ2v) is 4.33. The maximum atomic E-state index is 5.76. The molecule has 2 rings (SSSR count). The van der Waals surface area contributed by atoms with Crippen LogP contribution in [0.1, 0.15) is 25.3 Å². The largest absolute Gasteiger partial charge is 0.371 e. The fourth-order valence-corrected chi connectivity index (χ4v) is 1.95. The van der Waals surface area contributed by atoms with Gasteiger partial charge in [-0.25, -0.2) is 0 Å². The summed E-state index contributed by atoms with van der Waals surface area (Å²) in [5, 5.41) is 0. The van der Waals surface area contributed by atoms with Crippen LogP contribution in [0.15, 0.2) is 48.6 Å². The Kier molecular flexibility index (Phi) is 3.58. The predicted molar refractivity (Wildman–Crippen MR) is 68.2 cm³/mol. The molecule has 1 heteroatoms. The molecule has 2 atom stereocenters. The topological polar surface area (TPSA) is 9.23 Å². The first-order chi connectivity index (χ1) is 7.75. The number of hydrogen-bond acceptors (Lipinski definition) is 1. The molecule has 0 unspecified atom stereocenters. The van der Waals surface area contributed by atoms with Crippen molar-refractivity contribution in [2.24, 2.45) is 0 Å². The van der Waals surface area contributed by atoms with Crippen LogP contribution >= 0.6 is 0 Å². The Bertz CT molecular complexity index is 378. The Hall–Kier alpha value is -1.34. The number of hydrogen-bond donors (Lipinski definition) is 0. The van der Waals surface area contributed by atoms with Crippen molar-refractivity contribution in [3.05, 3.63) is 54.1 Å². The van der Waals surface area contributed by atoms with Crippen molar-refractivity contribution < 1.29 is 4.74 Å². The number of benzene rings is 1. The number of rotatable bonds is 3. The monoisotopic (exact) mass is 214 g/mol. The van der Waals surface area contributed by atoms with E-state index in [0.29, 0.717) is 6.10 Å². The SMILES string of the molecule is C=C(/C=C/c1ccccc1)[C@@H]1CC[C@@H](C)O1. The van der Waals surface area contributed by atoms with Gasteiger partial charge >= 0.3 is 0 Å². The van der Waals surface area contributed by atoms with Gasteiger partial charge in [0.2, 0.25) is 0 Å². The summed E-state index contributed by atoms with van der Waals surface area (Å²) in [4.78, 5) is 0. The van der Waals surface area contributed by atoms with Crippen molar-refractivity contribution in [3.63, 3.8) is 0 Å². The molecule has 1 aromatic carbocycles. The molecular formula is C15H18O. The molecule has 0 aliphatic carbocycles. The van der Waals surface area contributed by atoms with Crippen LogP contribution < -0.4 is 0 Å². The van der Waals surface area contributed by atoms with E-state index in [1.165, 1.54) is 5.56 Å². The smallest absolute Gasteiger partial charge is 0.0823 e. The Morgan fingerprint density at radius 2 is 2.06 bits per heavy atom. The quantitative estimate of drug-likeness (QED) is 0.695. The van der Waals surface area contributed by atoms with E-state index >= 15 is 0 Å². The summed E-state index contributed by atoms with van der Waals surface area (Å²) in [6.45, 7) is 6.19. The number of ether oxygens (including phenoxy) is 1. The molecule has 1 aromatic rings. The van der Waals surface area contributed by atoms with Gasteiger partial charge in [0.05, 0.1) is 12.2 Å². The van der Waals surface area contributed by atoms with Crippen molar-refractivity contribution in [2.45, 2.75) is 32.0 Å². The van der Waals surface area contributed by atoms with E-state index in [-0.39, 0.29) is 6.10 Å². The van der Waals surface area contributed by atoms with E-state index in [9.17, 15) is 0 Å². The molecule has 1 aliphatic heterocycles. The van der Waals surface area contributed by atoms with E-state index in [2.05, 4.69) is 37.8 Å². The molecule has 16 heavy (non-hydrogen) atoms. The third kappa shape index (κ3) is 2.83. The second kappa shape index (κ2) is 5.13. The van der Waals surface area contributed by atoms with E-state index in [1.54, 1.807) is 0 Å². The van der Waals surface area contributed by atoms with E-state index in [1.807, 2.05) is 18.2 Å². The highest BCUT2D eigenvalue weighted by Gasteiger charge is 2.22. The Morgan fingerprint density at radius 1 is 1.31 bits per heavy atom. The molecule has 1 fully saturated rings. The van der Waals surface area contributed by atoms with Crippen molar-refractivity contribution in [2.75, 3.05) is 0 Å². The zero-order chi connectivity index (χ0) is 11.4. The van der Waals surface area contributed by atoms with Crippen LogP contribution in [0, 0.1) is 0 Å². The van der Waals surface area contributed by atoms with Crippen LogP contribution in [0.5, 0.6) is 0 Å². The average molecular weight is 214 g/mol. The maximum absolute atomic E-state index is 5.76. The molecule has 0 aromatic heterocycles. The fourth-order valence-electron chi connectivity index (χ4n) is 1.95. The van der Waals surface area contributed by atoms with Crippen LogP contribution in [0.25, 0.3) is 6.08 Å². The average Bonchev–Trinajstić information content (AvgIpc) is 2.74. The highest BCUT2D eigenvalue weighted by atomic mass is 16.5. The van der Waals surface area contributed by atoms with Gasteiger partial charge < -0.3 is 4.74 Å². The lowest BCUT2D eigenvalue weighted by Gasteiger charge is -2.10. The van der Waals surface area contributed by atoms with Crippen LogP contribution in [-0.4, -0.2) is 12.2 Å². The van der Waals surface area contributed by atoms with E-state index in [4.69, 9.17) is 4.74 Å². The van der Waals surface area contributed by atoms with Gasteiger partial charge in [-0.1, -0.05) is 49.1 Å². The van der Waals surface area contributed by atoms with Gasteiger partial charge in [0.1, 0.15) is 0 Å². The third-order valence-electron chi connectivity index (χ3n) is 2.93. The van der Waals surface area contributed by atoms with Crippen molar-refractivity contribution >= 4 is 6.08 Å². The molecule has 1 aliphatic rings. The molecule has 1 nitrogen and oxygen atoms in total. The summed E-state index contributed by atoms with van der Waals surface area (Å²) >= 11 is 0. The van der Waals surface area contributed by atoms with Crippen molar-refractivity contribution in [3.8, 4) is 0 Å². The van der Waals surface area contributed by atoms with Gasteiger partial charge in [0.25, 0.3) is 0 Å². The zero-order valence-corrected chi connectivity index (χ0v) is 9.73. The zero-order valence-electron chi connectivity index (χ0n) is 9.73. The Morgan fingerprint density at radius 3 is 2.69 bits per heavy atom. The normalized spacial score (nSPS) is 25.1. The standard InChI is InChI=1S/C15H18O/c1-12(15-11-9-13(2)16-15)8-10-14-6-4-3-5-7-14/h3-8,10,13,15H,1,9,11H2,2H3/b10-8+/t13-,15+/m1/s1. The Labute approximate surface area is 97.4 Å². The summed E-state index contributed by atoms with van der Waals surface area (Å²) in [6.07, 6.45) is 7.00. The van der Waals surface area contributed by atoms with Gasteiger partial charge in [-0.2, -0.15) is 0 Å². The molecule has 84 valence electrons. The van der Waals surface area contributed by atoms with Crippen molar-refractivity contribution in [1.82, 2.24) is 0 Å². The minimum atomic E-state index is 0.218. The van der Waals surface area contributed by atoms with E-state index in [0.717, 1.165) is 18.4 Å². The molecule has 0 N–H and O–H groups in total. The maximum Gasteiger partial charge on any atom is 0.0823 e. The lowest BCUT2D eigenvalue weighted by molar-refractivity contribution is 0.0790. The van der Waals surface area contributed by atoms with Crippen LogP contribution in [0.3, 0.4) is 0 Å². The van der Waals surface area contributed by atoms with Crippen LogP contribution in [0.4, 0.5) is 0 Å². The minimum Gasteiger partial charge on any atom is -0.371 e. The highest BCUT2D eigenvalue weighted by molar-refractivity contribution is 5.52. The first kappa shape index (κ1) is 11.2. The lowest BCUT2D eigenvalue weighted by Crippen LogP contribution is -2.08. The summed E-state index contributed by atoms with van der Waals surface area (Å²) in [7, 11) is 0. The highest BCUT2D eigenvalue weighted by Crippen LogP contribution is 2.24. The van der Waals surface area contributed by atoms with Gasteiger partial charge in [-0.05, 0) is 30.9 Å². The first-order valence-electron chi connectivity index (χ1n) is 5.83. The first-order valence-corrected chi connectivity index (χ1v) is 5.83. The van der Waals surface area contributed by atoms with Gasteiger partial charge in [-0.3, -0.25) is 0 Å². The Balaban J connectivity index is 1.95. The molecule has 0 saturated carbocycles. The summed E-state index contributed by atoms with van der Waals surface area (Å²) < 4.78 is 5.76. The molecule has 1 saturated heterocycles. The van der Waals surface area contributed by atoms with Crippen LogP contribution in [-0.2, 0) is 4.74 Å². The summed E-state index contributed by atoms with van der Waals surface area (Å²) in [5.74, 6) is 0. The lowest BCUT2D eigenvalue weighted by atomic mass is 10.1. The predicted octanol–water partition coefficient (Wildman–Crippen LogP) is 3.82. The molecule has 0 bridgehead atoms. The molecule has 0 amide bonds. The molecule has 0 radical (unpaired) electrons. The van der Waals surface area contributed by atoms with Gasteiger partial charge in [0.15, 0.2) is 0 Å². The fraction of sp³-hybridized carbons (Fsp3) is 0.333. The molecule has 0 spiro atoms. The van der Waals surface area contributed by atoms with Gasteiger partial charge in [-0.15, -0.1) is 0 Å². The minimum absolute atomic E-state index is 0.218. The molecule has 1 heterocycles. The van der Waals surface area contributed by atoms with Crippen molar-refractivity contribution in [1.29, 1.82) is 0 Å². The summed E-state index contributed by atoms with van der Waals surface area (Å²) in [6, 6.07) is 10.3. The summed E-state index contributed by atoms with van der Waals surface area (Å²) in [5.41, 5.74) is 2.28. The van der Waals surface area contributed by atoms with Crippen LogP contribution in [0.2, 0.25) is 0 Å². The molecular weight excluding hydrogens is 196 g/mol. The van der Waals surface area contributed by atoms with E-state index < -0.39 is 0 Å². The second-order valence-electron chi connectivity index (χ2n) is 4.33.